The molecule has 0 saturated heterocycles. The van der Waals surface area contributed by atoms with Gasteiger partial charge in [0.05, 0.1) is 24.1 Å². The number of carboxylic acids is 1. The topological polar surface area (TPSA) is 109 Å². The fourth-order valence-corrected chi connectivity index (χ4v) is 3.93. The molecule has 0 spiro atoms. The Labute approximate surface area is 147 Å². The van der Waals surface area contributed by atoms with Crippen LogP contribution in [-0.2, 0) is 16.6 Å². The first-order valence-corrected chi connectivity index (χ1v) is 9.47. The molecule has 2 rings (SSSR count). The lowest BCUT2D eigenvalue weighted by Gasteiger charge is -2.17. The fraction of sp³-hybridized carbons (Fsp3) is 0.353. The van der Waals surface area contributed by atoms with Crippen molar-refractivity contribution in [3.05, 3.63) is 47.9 Å². The summed E-state index contributed by atoms with van der Waals surface area (Å²) in [5.41, 5.74) is 0.227. The van der Waals surface area contributed by atoms with Gasteiger partial charge in [-0.1, -0.05) is 13.3 Å². The van der Waals surface area contributed by atoms with E-state index < -0.39 is 16.0 Å². The van der Waals surface area contributed by atoms with Crippen LogP contribution in [0.3, 0.4) is 0 Å². The predicted molar refractivity (Wildman–Crippen MR) is 94.1 cm³/mol. The van der Waals surface area contributed by atoms with Crippen molar-refractivity contribution >= 4 is 21.7 Å². The summed E-state index contributed by atoms with van der Waals surface area (Å²) >= 11 is 0. The molecule has 1 aromatic heterocycles. The number of hydrogen-bond donors (Lipinski definition) is 3. The number of anilines is 1. The Kier molecular flexibility index (Phi) is 6.22. The molecule has 25 heavy (non-hydrogen) atoms. The molecule has 0 fully saturated rings. The van der Waals surface area contributed by atoms with Gasteiger partial charge in [0.1, 0.15) is 10.7 Å². The monoisotopic (exact) mass is 366 g/mol. The number of hydrogen-bond acceptors (Lipinski definition) is 5. The molecule has 7 nitrogen and oxygen atoms in total. The minimum atomic E-state index is -3.87. The van der Waals surface area contributed by atoms with Gasteiger partial charge < -0.3 is 14.8 Å². The van der Waals surface area contributed by atoms with Crippen molar-refractivity contribution in [3.8, 4) is 0 Å². The smallest absolute Gasteiger partial charge is 0.335 e. The average Bonchev–Trinajstić information content (AvgIpc) is 3.05. The second-order valence-corrected chi connectivity index (χ2v) is 7.44. The van der Waals surface area contributed by atoms with Crippen molar-refractivity contribution in [2.45, 2.75) is 44.2 Å². The number of benzene rings is 1. The number of aromatic carboxylic acids is 1. The van der Waals surface area contributed by atoms with E-state index in [0.29, 0.717) is 17.9 Å². The highest BCUT2D eigenvalue weighted by atomic mass is 32.2. The highest BCUT2D eigenvalue weighted by Crippen LogP contribution is 2.24. The summed E-state index contributed by atoms with van der Waals surface area (Å²) in [6.45, 7) is 4.02. The van der Waals surface area contributed by atoms with Crippen LogP contribution in [0.25, 0.3) is 0 Å². The maximum Gasteiger partial charge on any atom is 0.335 e. The fourth-order valence-electron chi connectivity index (χ4n) is 2.44. The van der Waals surface area contributed by atoms with Gasteiger partial charge in [0.2, 0.25) is 10.0 Å². The molecule has 0 amide bonds. The molecular formula is C17H22N2O5S. The van der Waals surface area contributed by atoms with Gasteiger partial charge in [-0.15, -0.1) is 0 Å². The van der Waals surface area contributed by atoms with Crippen LogP contribution in [-0.4, -0.2) is 25.5 Å². The second kappa shape index (κ2) is 8.17. The lowest BCUT2D eigenvalue weighted by atomic mass is 10.2. The van der Waals surface area contributed by atoms with Crippen LogP contribution >= 0.6 is 0 Å². The summed E-state index contributed by atoms with van der Waals surface area (Å²) in [6.07, 6.45) is 3.05. The van der Waals surface area contributed by atoms with Gasteiger partial charge in [-0.05, 0) is 43.7 Å². The van der Waals surface area contributed by atoms with Gasteiger partial charge in [0.25, 0.3) is 0 Å². The van der Waals surface area contributed by atoms with Crippen molar-refractivity contribution in [2.24, 2.45) is 0 Å². The normalized spacial score (nSPS) is 12.7. The van der Waals surface area contributed by atoms with Gasteiger partial charge in [-0.25, -0.2) is 17.9 Å². The first-order valence-electron chi connectivity index (χ1n) is 7.99. The summed E-state index contributed by atoms with van der Waals surface area (Å²) < 4.78 is 33.2. The standard InChI is InChI=1S/C17H22N2O5S/c1-3-5-12(2)19-25(22,23)16-10-13(17(20)21)7-8-15(16)18-11-14-6-4-9-24-14/h4,6-10,12,18-19H,3,5,11H2,1-2H3,(H,20,21). The molecule has 0 aliphatic heterocycles. The Morgan fingerprint density at radius 3 is 2.68 bits per heavy atom. The molecule has 136 valence electrons. The first-order chi connectivity index (χ1) is 11.8. The highest BCUT2D eigenvalue weighted by molar-refractivity contribution is 7.89. The number of sulfonamides is 1. The summed E-state index contributed by atoms with van der Waals surface area (Å²) in [7, 11) is -3.87. The van der Waals surface area contributed by atoms with Crippen LogP contribution in [0, 0.1) is 0 Å². The number of furan rings is 1. The lowest BCUT2D eigenvalue weighted by Crippen LogP contribution is -2.33. The summed E-state index contributed by atoms with van der Waals surface area (Å²) in [5, 5.41) is 12.1. The Hall–Kier alpha value is -2.32. The third-order valence-corrected chi connectivity index (χ3v) is 5.26. The summed E-state index contributed by atoms with van der Waals surface area (Å²) in [5.74, 6) is -0.548. The lowest BCUT2D eigenvalue weighted by molar-refractivity contribution is 0.0696. The van der Waals surface area contributed by atoms with Gasteiger partial charge in [0.15, 0.2) is 0 Å². The van der Waals surface area contributed by atoms with E-state index in [0.717, 1.165) is 12.5 Å². The molecule has 0 aliphatic rings. The van der Waals surface area contributed by atoms with Crippen LogP contribution in [0.15, 0.2) is 45.9 Å². The average molecular weight is 366 g/mol. The van der Waals surface area contributed by atoms with E-state index in [2.05, 4.69) is 10.0 Å². The van der Waals surface area contributed by atoms with Crippen molar-refractivity contribution in [1.82, 2.24) is 4.72 Å². The number of nitrogens with one attached hydrogen (secondary N) is 2. The maximum atomic E-state index is 12.7. The molecule has 0 radical (unpaired) electrons. The minimum Gasteiger partial charge on any atom is -0.478 e. The van der Waals surface area contributed by atoms with Gasteiger partial charge in [-0.3, -0.25) is 0 Å². The second-order valence-electron chi connectivity index (χ2n) is 5.76. The van der Waals surface area contributed by atoms with Crippen LogP contribution in [0.1, 0.15) is 42.8 Å². The maximum absolute atomic E-state index is 12.7. The Bertz CT molecular complexity index is 816. The van der Waals surface area contributed by atoms with Gasteiger partial charge in [0, 0.05) is 6.04 Å². The molecule has 2 aromatic rings. The third-order valence-electron chi connectivity index (χ3n) is 3.63. The Balaban J connectivity index is 2.33. The van der Waals surface area contributed by atoms with Crippen molar-refractivity contribution in [2.75, 3.05) is 5.32 Å². The number of carbonyl (C=O) groups is 1. The zero-order valence-electron chi connectivity index (χ0n) is 14.2. The van der Waals surface area contributed by atoms with E-state index in [9.17, 15) is 13.2 Å². The zero-order valence-corrected chi connectivity index (χ0v) is 15.0. The summed E-state index contributed by atoms with van der Waals surface area (Å²) in [4.78, 5) is 11.1. The molecule has 0 aliphatic carbocycles. The molecule has 1 aromatic carbocycles. The van der Waals surface area contributed by atoms with Crippen LogP contribution in [0.2, 0.25) is 0 Å². The molecule has 0 saturated carbocycles. The van der Waals surface area contributed by atoms with Crippen LogP contribution in [0.5, 0.6) is 0 Å². The van der Waals surface area contributed by atoms with Crippen LogP contribution < -0.4 is 10.0 Å². The van der Waals surface area contributed by atoms with Crippen molar-refractivity contribution < 1.29 is 22.7 Å². The van der Waals surface area contributed by atoms with Gasteiger partial charge >= 0.3 is 5.97 Å². The van der Waals surface area contributed by atoms with E-state index >= 15 is 0 Å². The van der Waals surface area contributed by atoms with E-state index in [1.165, 1.54) is 18.4 Å². The number of carboxylic acid groups (broad SMARTS) is 1. The van der Waals surface area contributed by atoms with E-state index in [1.807, 2.05) is 6.92 Å². The van der Waals surface area contributed by atoms with E-state index in [1.54, 1.807) is 19.1 Å². The molecule has 1 unspecified atom stereocenters. The van der Waals surface area contributed by atoms with E-state index in [-0.39, 0.29) is 23.0 Å². The zero-order chi connectivity index (χ0) is 18.4. The molecule has 8 heteroatoms. The largest absolute Gasteiger partial charge is 0.478 e. The van der Waals surface area contributed by atoms with E-state index in [4.69, 9.17) is 9.52 Å². The summed E-state index contributed by atoms with van der Waals surface area (Å²) in [6, 6.07) is 7.21. The predicted octanol–water partition coefficient (Wildman–Crippen LogP) is 3.06. The molecule has 0 bridgehead atoms. The molecule has 1 atom stereocenters. The van der Waals surface area contributed by atoms with Gasteiger partial charge in [-0.2, -0.15) is 0 Å². The third kappa shape index (κ3) is 5.07. The van der Waals surface area contributed by atoms with Crippen molar-refractivity contribution in [1.29, 1.82) is 0 Å². The molecular weight excluding hydrogens is 344 g/mol. The van der Waals surface area contributed by atoms with Crippen molar-refractivity contribution in [3.63, 3.8) is 0 Å². The Morgan fingerprint density at radius 2 is 2.08 bits per heavy atom. The minimum absolute atomic E-state index is 0.0907. The number of rotatable bonds is 9. The first kappa shape index (κ1) is 19.0. The van der Waals surface area contributed by atoms with Crippen LogP contribution in [0.4, 0.5) is 5.69 Å². The molecule has 3 N–H and O–H groups in total. The SMILES string of the molecule is CCCC(C)NS(=O)(=O)c1cc(C(=O)O)ccc1NCc1ccco1. The highest BCUT2D eigenvalue weighted by Gasteiger charge is 2.22. The molecule has 1 heterocycles. The Morgan fingerprint density at radius 1 is 1.32 bits per heavy atom. The quantitative estimate of drug-likeness (QED) is 0.629.